The number of likely N-dealkylation sites (tertiary alicyclic amines) is 1. The van der Waals surface area contributed by atoms with Gasteiger partial charge in [0.2, 0.25) is 5.91 Å². The predicted octanol–water partition coefficient (Wildman–Crippen LogP) is 2.06. The molecule has 0 spiro atoms. The molecule has 27 heavy (non-hydrogen) atoms. The average Bonchev–Trinajstić information content (AvgIpc) is 3.39. The van der Waals surface area contributed by atoms with Gasteiger partial charge in [-0.15, -0.1) is 0 Å². The summed E-state index contributed by atoms with van der Waals surface area (Å²) in [5.74, 6) is 0.190. The molecule has 0 saturated carbocycles. The fourth-order valence-corrected chi connectivity index (χ4v) is 4.66. The summed E-state index contributed by atoms with van der Waals surface area (Å²) in [4.78, 5) is 17.7. The van der Waals surface area contributed by atoms with Crippen molar-refractivity contribution in [3.63, 3.8) is 0 Å². The first kappa shape index (κ1) is 17.0. The third-order valence-electron chi connectivity index (χ3n) is 6.07. The van der Waals surface area contributed by atoms with Crippen LogP contribution in [0.3, 0.4) is 0 Å². The van der Waals surface area contributed by atoms with E-state index in [2.05, 4.69) is 33.1 Å². The third-order valence-corrected chi connectivity index (χ3v) is 6.07. The van der Waals surface area contributed by atoms with Crippen molar-refractivity contribution in [1.29, 1.82) is 0 Å². The summed E-state index contributed by atoms with van der Waals surface area (Å²) in [6.07, 6.45) is 3.55. The molecule has 2 aromatic rings. The number of hydrogen-bond donors (Lipinski definition) is 1. The number of rotatable bonds is 3. The molecule has 0 radical (unpaired) electrons. The lowest BCUT2D eigenvalue weighted by molar-refractivity contribution is -0.134. The smallest absolute Gasteiger partial charge is 0.244 e. The maximum Gasteiger partial charge on any atom is 0.244 e. The van der Waals surface area contributed by atoms with Crippen molar-refractivity contribution in [2.24, 2.45) is 0 Å². The molecule has 0 aliphatic carbocycles. The van der Waals surface area contributed by atoms with Crippen LogP contribution in [-0.2, 0) is 31.0 Å². The van der Waals surface area contributed by atoms with Crippen LogP contribution >= 0.6 is 0 Å². The summed E-state index contributed by atoms with van der Waals surface area (Å²) in [5, 5.41) is 8.22. The van der Waals surface area contributed by atoms with E-state index in [-0.39, 0.29) is 11.9 Å². The Labute approximate surface area is 160 Å². The van der Waals surface area contributed by atoms with E-state index in [4.69, 9.17) is 5.10 Å². The summed E-state index contributed by atoms with van der Waals surface area (Å²) >= 11 is 0. The molecule has 1 N–H and O–H groups in total. The van der Waals surface area contributed by atoms with Crippen molar-refractivity contribution in [2.75, 3.05) is 19.6 Å². The van der Waals surface area contributed by atoms with Gasteiger partial charge in [-0.25, -0.2) is 0 Å². The molecule has 1 aromatic carbocycles. The van der Waals surface area contributed by atoms with Crippen LogP contribution in [-0.4, -0.2) is 45.1 Å². The van der Waals surface area contributed by atoms with Crippen LogP contribution in [0.4, 0.5) is 0 Å². The summed E-state index contributed by atoms with van der Waals surface area (Å²) < 4.78 is 2.12. The number of nitrogens with one attached hydrogen (secondary N) is 1. The highest BCUT2D eigenvalue weighted by Gasteiger charge is 2.32. The maximum atomic E-state index is 13.2. The van der Waals surface area contributed by atoms with Gasteiger partial charge in [0.15, 0.2) is 0 Å². The lowest BCUT2D eigenvalue weighted by Gasteiger charge is -2.24. The van der Waals surface area contributed by atoms with Crippen LogP contribution in [0, 0.1) is 0 Å². The van der Waals surface area contributed by atoms with E-state index in [1.54, 1.807) is 0 Å². The topological polar surface area (TPSA) is 53.4 Å². The molecule has 0 bridgehead atoms. The molecule has 1 atom stereocenters. The largest absolute Gasteiger partial charge is 0.335 e. The van der Waals surface area contributed by atoms with E-state index >= 15 is 0 Å². The SMILES string of the molecule is O=C(C1NCc2ccccc21)N1CCCn2nc(CN3CCCC3)cc2C1. The maximum absolute atomic E-state index is 13.2. The van der Waals surface area contributed by atoms with Crippen molar-refractivity contribution < 1.29 is 4.79 Å². The van der Waals surface area contributed by atoms with Gasteiger partial charge < -0.3 is 4.90 Å². The minimum absolute atomic E-state index is 0.190. The molecule has 1 aromatic heterocycles. The Kier molecular flexibility index (Phi) is 4.45. The van der Waals surface area contributed by atoms with Gasteiger partial charge in [-0.05, 0) is 49.5 Å². The van der Waals surface area contributed by atoms with E-state index < -0.39 is 0 Å². The van der Waals surface area contributed by atoms with Crippen LogP contribution in [0.5, 0.6) is 0 Å². The highest BCUT2D eigenvalue weighted by atomic mass is 16.2. The number of fused-ring (bicyclic) bond motifs is 2. The summed E-state index contributed by atoms with van der Waals surface area (Å²) in [5.41, 5.74) is 4.69. The molecule has 5 rings (SSSR count). The molecular formula is C21H27N5O. The van der Waals surface area contributed by atoms with Crippen LogP contribution in [0.1, 0.15) is 47.8 Å². The van der Waals surface area contributed by atoms with Gasteiger partial charge in [-0.1, -0.05) is 24.3 Å². The quantitative estimate of drug-likeness (QED) is 0.905. The second kappa shape index (κ2) is 7.09. The first-order valence-electron chi connectivity index (χ1n) is 10.2. The Morgan fingerprint density at radius 3 is 2.85 bits per heavy atom. The van der Waals surface area contributed by atoms with Crippen molar-refractivity contribution >= 4 is 5.91 Å². The zero-order valence-corrected chi connectivity index (χ0v) is 15.7. The predicted molar refractivity (Wildman–Crippen MR) is 103 cm³/mol. The average molecular weight is 365 g/mol. The highest BCUT2D eigenvalue weighted by molar-refractivity contribution is 5.84. The number of benzene rings is 1. The van der Waals surface area contributed by atoms with Gasteiger partial charge in [-0.3, -0.25) is 19.7 Å². The molecule has 3 aliphatic heterocycles. The van der Waals surface area contributed by atoms with Gasteiger partial charge in [0.1, 0.15) is 6.04 Å². The van der Waals surface area contributed by atoms with E-state index in [9.17, 15) is 4.79 Å². The molecule has 1 unspecified atom stereocenters. The Balaban J connectivity index is 1.32. The molecule has 4 heterocycles. The first-order chi connectivity index (χ1) is 13.3. The number of aryl methyl sites for hydroxylation is 1. The normalized spacial score (nSPS) is 22.5. The molecule has 1 fully saturated rings. The van der Waals surface area contributed by atoms with Gasteiger partial charge in [0.25, 0.3) is 0 Å². The number of nitrogens with zero attached hydrogens (tertiary/aromatic N) is 4. The van der Waals surface area contributed by atoms with Crippen molar-refractivity contribution in [3.8, 4) is 0 Å². The molecular weight excluding hydrogens is 338 g/mol. The van der Waals surface area contributed by atoms with Crippen LogP contribution in [0.15, 0.2) is 30.3 Å². The summed E-state index contributed by atoms with van der Waals surface area (Å²) in [6, 6.07) is 10.2. The second-order valence-corrected chi connectivity index (χ2v) is 7.96. The zero-order chi connectivity index (χ0) is 18.2. The van der Waals surface area contributed by atoms with Crippen LogP contribution in [0.2, 0.25) is 0 Å². The standard InChI is InChI=1S/C21H27N5O/c27-21(20-19-7-2-1-6-16(19)13-22-20)25-10-5-11-26-18(15-25)12-17(23-26)14-24-8-3-4-9-24/h1-2,6-7,12,20,22H,3-5,8-11,13-15H2. The van der Waals surface area contributed by atoms with Gasteiger partial charge in [0, 0.05) is 26.2 Å². The van der Waals surface area contributed by atoms with Crippen molar-refractivity contribution in [3.05, 3.63) is 52.8 Å². The van der Waals surface area contributed by atoms with E-state index in [1.165, 1.54) is 37.2 Å². The number of carbonyl (C=O) groups excluding carboxylic acids is 1. The summed E-state index contributed by atoms with van der Waals surface area (Å²) in [6.45, 7) is 6.42. The third kappa shape index (κ3) is 3.28. The number of amides is 1. The number of carbonyl (C=O) groups is 1. The molecule has 3 aliphatic rings. The Morgan fingerprint density at radius 2 is 1.96 bits per heavy atom. The number of aromatic nitrogens is 2. The Hall–Kier alpha value is -2.18. The van der Waals surface area contributed by atoms with E-state index in [0.29, 0.717) is 6.54 Å². The van der Waals surface area contributed by atoms with Crippen LogP contribution < -0.4 is 5.32 Å². The van der Waals surface area contributed by atoms with Gasteiger partial charge >= 0.3 is 0 Å². The molecule has 1 saturated heterocycles. The fourth-order valence-electron chi connectivity index (χ4n) is 4.66. The zero-order valence-electron chi connectivity index (χ0n) is 15.7. The fraction of sp³-hybridized carbons (Fsp3) is 0.524. The highest BCUT2D eigenvalue weighted by Crippen LogP contribution is 2.28. The van der Waals surface area contributed by atoms with Crippen molar-refractivity contribution in [2.45, 2.75) is 51.5 Å². The van der Waals surface area contributed by atoms with Crippen molar-refractivity contribution in [1.82, 2.24) is 24.9 Å². The first-order valence-corrected chi connectivity index (χ1v) is 10.2. The minimum Gasteiger partial charge on any atom is -0.335 e. The monoisotopic (exact) mass is 365 g/mol. The Morgan fingerprint density at radius 1 is 1.11 bits per heavy atom. The number of hydrogen-bond acceptors (Lipinski definition) is 4. The molecule has 1 amide bonds. The lowest BCUT2D eigenvalue weighted by Crippen LogP contribution is -2.38. The lowest BCUT2D eigenvalue weighted by atomic mass is 10.0. The second-order valence-electron chi connectivity index (χ2n) is 7.96. The Bertz CT molecular complexity index is 839. The van der Waals surface area contributed by atoms with E-state index in [1.807, 2.05) is 17.0 Å². The van der Waals surface area contributed by atoms with Gasteiger partial charge in [-0.2, -0.15) is 5.10 Å². The van der Waals surface area contributed by atoms with Gasteiger partial charge in [0.05, 0.1) is 17.9 Å². The minimum atomic E-state index is -0.209. The van der Waals surface area contributed by atoms with E-state index in [0.717, 1.165) is 43.9 Å². The van der Waals surface area contributed by atoms with Crippen LogP contribution in [0.25, 0.3) is 0 Å². The molecule has 6 nitrogen and oxygen atoms in total. The summed E-state index contributed by atoms with van der Waals surface area (Å²) in [7, 11) is 0. The molecule has 6 heteroatoms. The molecule has 142 valence electrons.